The van der Waals surface area contributed by atoms with Crippen LogP contribution in [-0.2, 0) is 15.0 Å². The van der Waals surface area contributed by atoms with Gasteiger partial charge in [-0.05, 0) is 24.1 Å². The number of allylic oxidation sites excluding steroid dienone is 2. The summed E-state index contributed by atoms with van der Waals surface area (Å²) >= 11 is 0. The summed E-state index contributed by atoms with van der Waals surface area (Å²) in [6, 6.07) is 6.22. The second kappa shape index (κ2) is 6.56. The normalized spacial score (nSPS) is 14.4. The van der Waals surface area contributed by atoms with Crippen molar-refractivity contribution in [2.75, 3.05) is 0 Å². The minimum Gasteiger partial charge on any atom is -0.508 e. The summed E-state index contributed by atoms with van der Waals surface area (Å²) in [5.74, 6) is -2.13. The quantitative estimate of drug-likeness (QED) is 0.693. The molecule has 3 N–H and O–H groups in total. The first-order valence-electron chi connectivity index (χ1n) is 6.03. The minimum atomic E-state index is -1.11. The molecule has 5 nitrogen and oxygen atoms in total. The van der Waals surface area contributed by atoms with Gasteiger partial charge in [-0.25, -0.2) is 9.59 Å². The van der Waals surface area contributed by atoms with Gasteiger partial charge in [0, 0.05) is 17.6 Å². The van der Waals surface area contributed by atoms with Gasteiger partial charge in [0.1, 0.15) is 5.75 Å². The zero-order chi connectivity index (χ0) is 15.2. The number of phenols is 1. The molecule has 0 saturated carbocycles. The van der Waals surface area contributed by atoms with Gasteiger partial charge in [0.2, 0.25) is 0 Å². The lowest BCUT2D eigenvalue weighted by atomic mass is 9.77. The Labute approximate surface area is 116 Å². The summed E-state index contributed by atoms with van der Waals surface area (Å²) < 4.78 is 0. The average molecular weight is 276 g/mol. The van der Waals surface area contributed by atoms with E-state index in [1.165, 1.54) is 24.3 Å². The van der Waals surface area contributed by atoms with E-state index in [9.17, 15) is 14.7 Å². The van der Waals surface area contributed by atoms with Crippen LogP contribution < -0.4 is 0 Å². The van der Waals surface area contributed by atoms with E-state index in [1.807, 2.05) is 6.92 Å². The lowest BCUT2D eigenvalue weighted by Gasteiger charge is -2.26. The third kappa shape index (κ3) is 3.98. The van der Waals surface area contributed by atoms with E-state index >= 15 is 0 Å². The Bertz CT molecular complexity index is 516. The van der Waals surface area contributed by atoms with E-state index in [0.717, 1.165) is 12.2 Å². The first-order valence-corrected chi connectivity index (χ1v) is 6.03. The molecule has 1 rings (SSSR count). The highest BCUT2D eigenvalue weighted by atomic mass is 16.4. The van der Waals surface area contributed by atoms with Gasteiger partial charge in [0.05, 0.1) is 0 Å². The number of carboxylic acid groups (broad SMARTS) is 2. The predicted molar refractivity (Wildman–Crippen MR) is 73.6 cm³/mol. The molecule has 1 aromatic carbocycles. The van der Waals surface area contributed by atoms with E-state index in [4.69, 9.17) is 10.2 Å². The molecule has 0 heterocycles. The summed E-state index contributed by atoms with van der Waals surface area (Å²) in [4.78, 5) is 21.4. The molecule has 0 saturated heterocycles. The number of carbonyl (C=O) groups is 2. The smallest absolute Gasteiger partial charge is 0.328 e. The molecule has 0 aliphatic rings. The van der Waals surface area contributed by atoms with Crippen LogP contribution in [0.5, 0.6) is 5.75 Å². The van der Waals surface area contributed by atoms with Crippen molar-refractivity contribution in [1.82, 2.24) is 0 Å². The molecule has 0 aliphatic heterocycles. The summed E-state index contributed by atoms with van der Waals surface area (Å²) in [7, 11) is 0. The fourth-order valence-electron chi connectivity index (χ4n) is 1.90. The van der Waals surface area contributed by atoms with Gasteiger partial charge in [-0.15, -0.1) is 0 Å². The van der Waals surface area contributed by atoms with Crippen LogP contribution in [0.2, 0.25) is 0 Å². The Hall–Kier alpha value is -2.56. The molecule has 0 unspecified atom stereocenters. The maximum absolute atomic E-state index is 10.7. The maximum Gasteiger partial charge on any atom is 0.328 e. The first-order chi connectivity index (χ1) is 9.39. The predicted octanol–water partition coefficient (Wildman–Crippen LogP) is 2.32. The summed E-state index contributed by atoms with van der Waals surface area (Å²) in [6.07, 6.45) is 5.35. The lowest BCUT2D eigenvalue weighted by molar-refractivity contribution is -0.132. The van der Waals surface area contributed by atoms with Crippen LogP contribution in [0.25, 0.3) is 0 Å². The maximum atomic E-state index is 10.7. The number of phenolic OH excluding ortho intramolecular Hbond substituents is 1. The van der Waals surface area contributed by atoms with Crippen molar-refractivity contribution in [3.63, 3.8) is 0 Å². The summed E-state index contributed by atoms with van der Waals surface area (Å²) in [5, 5.41) is 26.9. The van der Waals surface area contributed by atoms with Crippen molar-refractivity contribution < 1.29 is 24.9 Å². The van der Waals surface area contributed by atoms with Crippen molar-refractivity contribution in [3.05, 3.63) is 54.1 Å². The Kier molecular flexibility index (Phi) is 5.08. The summed E-state index contributed by atoms with van der Waals surface area (Å²) in [6.45, 7) is 1.82. The van der Waals surface area contributed by atoms with E-state index in [0.29, 0.717) is 12.0 Å². The number of benzene rings is 1. The first kappa shape index (κ1) is 15.5. The average Bonchev–Trinajstić information content (AvgIpc) is 2.40. The molecule has 5 heteroatoms. The Morgan fingerprint density at radius 3 is 1.85 bits per heavy atom. The molecule has 1 aromatic rings. The zero-order valence-corrected chi connectivity index (χ0v) is 11.0. The van der Waals surface area contributed by atoms with Crippen molar-refractivity contribution in [1.29, 1.82) is 0 Å². The Balaban J connectivity index is 3.33. The minimum absolute atomic E-state index is 0.0863. The SMILES string of the molecule is CCC(C=CC(=O)O)(C=CC(=O)O)c1ccc(O)cc1. The monoisotopic (exact) mass is 276 g/mol. The number of hydrogen-bond donors (Lipinski definition) is 3. The molecule has 0 aliphatic carbocycles. The van der Waals surface area contributed by atoms with Gasteiger partial charge in [-0.3, -0.25) is 0 Å². The van der Waals surface area contributed by atoms with Gasteiger partial charge in [-0.2, -0.15) is 0 Å². The van der Waals surface area contributed by atoms with Gasteiger partial charge in [-0.1, -0.05) is 31.2 Å². The van der Waals surface area contributed by atoms with E-state index in [1.54, 1.807) is 12.1 Å². The fraction of sp³-hybridized carbons (Fsp3) is 0.200. The Morgan fingerprint density at radius 2 is 1.50 bits per heavy atom. The number of rotatable bonds is 6. The van der Waals surface area contributed by atoms with Crippen LogP contribution in [0.1, 0.15) is 18.9 Å². The molecule has 106 valence electrons. The van der Waals surface area contributed by atoms with Crippen LogP contribution >= 0.6 is 0 Å². The van der Waals surface area contributed by atoms with E-state index in [2.05, 4.69) is 0 Å². The topological polar surface area (TPSA) is 94.8 Å². The van der Waals surface area contributed by atoms with Crippen LogP contribution in [-0.4, -0.2) is 27.3 Å². The number of hydrogen-bond acceptors (Lipinski definition) is 3. The molecule has 0 amide bonds. The lowest BCUT2D eigenvalue weighted by Crippen LogP contribution is -2.20. The van der Waals surface area contributed by atoms with Gasteiger partial charge in [0.25, 0.3) is 0 Å². The van der Waals surface area contributed by atoms with Gasteiger partial charge < -0.3 is 15.3 Å². The fourth-order valence-corrected chi connectivity index (χ4v) is 1.90. The highest BCUT2D eigenvalue weighted by molar-refractivity contribution is 5.81. The van der Waals surface area contributed by atoms with Gasteiger partial charge in [0.15, 0.2) is 0 Å². The number of aromatic hydroxyl groups is 1. The van der Waals surface area contributed by atoms with Crippen molar-refractivity contribution in [2.45, 2.75) is 18.8 Å². The standard InChI is InChI=1S/C15H16O5/c1-2-15(9-7-13(17)18,10-8-14(19)20)11-3-5-12(16)6-4-11/h3-10,16H,2H2,1H3,(H,17,18)(H,19,20). The highest BCUT2D eigenvalue weighted by Crippen LogP contribution is 2.32. The van der Waals surface area contributed by atoms with Crippen LogP contribution in [0.3, 0.4) is 0 Å². The van der Waals surface area contributed by atoms with E-state index < -0.39 is 17.4 Å². The van der Waals surface area contributed by atoms with Gasteiger partial charge >= 0.3 is 11.9 Å². The molecule has 0 radical (unpaired) electrons. The van der Waals surface area contributed by atoms with E-state index in [-0.39, 0.29) is 5.75 Å². The highest BCUT2D eigenvalue weighted by Gasteiger charge is 2.25. The third-order valence-corrected chi connectivity index (χ3v) is 3.04. The van der Waals surface area contributed by atoms with Crippen molar-refractivity contribution >= 4 is 11.9 Å². The third-order valence-electron chi connectivity index (χ3n) is 3.04. The molecule has 0 aromatic heterocycles. The summed E-state index contributed by atoms with van der Waals surface area (Å²) in [5.41, 5.74) is -0.141. The second-order valence-electron chi connectivity index (χ2n) is 4.28. The van der Waals surface area contributed by atoms with Crippen molar-refractivity contribution in [2.24, 2.45) is 0 Å². The molecular formula is C15H16O5. The number of aliphatic carboxylic acids is 2. The van der Waals surface area contributed by atoms with Crippen LogP contribution in [0.15, 0.2) is 48.6 Å². The second-order valence-corrected chi connectivity index (χ2v) is 4.28. The van der Waals surface area contributed by atoms with Crippen molar-refractivity contribution in [3.8, 4) is 5.75 Å². The zero-order valence-electron chi connectivity index (χ0n) is 11.0. The van der Waals surface area contributed by atoms with Crippen LogP contribution in [0, 0.1) is 0 Å². The molecule has 0 fully saturated rings. The van der Waals surface area contributed by atoms with Crippen LogP contribution in [0.4, 0.5) is 0 Å². The molecule has 0 bridgehead atoms. The molecular weight excluding hydrogens is 260 g/mol. The number of carboxylic acids is 2. The largest absolute Gasteiger partial charge is 0.508 e. The Morgan fingerprint density at radius 1 is 1.05 bits per heavy atom. The molecule has 0 spiro atoms. The molecule has 0 atom stereocenters. The molecule has 20 heavy (non-hydrogen) atoms.